The molecule has 18 heavy (non-hydrogen) atoms. The van der Waals surface area contributed by atoms with E-state index in [2.05, 4.69) is 15.9 Å². The highest BCUT2D eigenvalue weighted by Crippen LogP contribution is 2.39. The van der Waals surface area contributed by atoms with Gasteiger partial charge in [0, 0.05) is 10.0 Å². The molecule has 1 aliphatic carbocycles. The number of halogens is 2. The zero-order valence-electron chi connectivity index (χ0n) is 10.2. The van der Waals surface area contributed by atoms with Crippen molar-refractivity contribution in [2.75, 3.05) is 0 Å². The van der Waals surface area contributed by atoms with Gasteiger partial charge in [-0.25, -0.2) is 4.39 Å². The van der Waals surface area contributed by atoms with Crippen LogP contribution in [0.1, 0.15) is 42.7 Å². The van der Waals surface area contributed by atoms with Crippen molar-refractivity contribution in [1.29, 1.82) is 0 Å². The molecule has 1 fully saturated rings. The van der Waals surface area contributed by atoms with E-state index in [4.69, 9.17) is 0 Å². The van der Waals surface area contributed by atoms with E-state index >= 15 is 0 Å². The fraction of sp³-hybridized carbons (Fsp3) is 0.500. The molecule has 0 saturated heterocycles. The van der Waals surface area contributed by atoms with Crippen molar-refractivity contribution in [3.8, 4) is 0 Å². The lowest BCUT2D eigenvalue weighted by Crippen LogP contribution is -2.21. The van der Waals surface area contributed by atoms with Gasteiger partial charge in [-0.1, -0.05) is 34.8 Å². The smallest absolute Gasteiger partial charge is 0.311 e. The number of hydrogen-bond donors (Lipinski definition) is 1. The molecule has 1 N–H and O–H groups in total. The average molecular weight is 315 g/mol. The van der Waals surface area contributed by atoms with E-state index in [1.165, 1.54) is 6.07 Å². The van der Waals surface area contributed by atoms with E-state index in [0.717, 1.165) is 31.2 Å². The van der Waals surface area contributed by atoms with Gasteiger partial charge in [0.15, 0.2) is 0 Å². The maximum absolute atomic E-state index is 14.0. The standard InChI is InChI=1S/C14H16BrFO2/c1-8-6-10(12(16)7-11(8)15)13(14(17)18)9-4-2-3-5-9/h6-7,9,13H,2-5H2,1H3,(H,17,18). The number of carbonyl (C=O) groups is 1. The van der Waals surface area contributed by atoms with E-state index in [1.807, 2.05) is 6.92 Å². The Morgan fingerprint density at radius 3 is 2.61 bits per heavy atom. The lowest BCUT2D eigenvalue weighted by molar-refractivity contribution is -0.140. The number of carboxylic acid groups (broad SMARTS) is 1. The molecule has 4 heteroatoms. The van der Waals surface area contributed by atoms with Crippen LogP contribution in [0.5, 0.6) is 0 Å². The molecular formula is C14H16BrFO2. The number of hydrogen-bond acceptors (Lipinski definition) is 1. The van der Waals surface area contributed by atoms with Gasteiger partial charge in [0.25, 0.3) is 0 Å². The molecule has 0 radical (unpaired) electrons. The first-order valence-corrected chi connectivity index (χ1v) is 6.98. The Kier molecular flexibility index (Phi) is 4.05. The summed E-state index contributed by atoms with van der Waals surface area (Å²) in [5, 5.41) is 9.39. The minimum Gasteiger partial charge on any atom is -0.481 e. The molecule has 1 unspecified atom stereocenters. The van der Waals surface area contributed by atoms with Gasteiger partial charge in [-0.3, -0.25) is 4.79 Å². The van der Waals surface area contributed by atoms with Crippen LogP contribution in [0.15, 0.2) is 16.6 Å². The van der Waals surface area contributed by atoms with Crippen molar-refractivity contribution in [3.63, 3.8) is 0 Å². The predicted molar refractivity (Wildman–Crippen MR) is 71.2 cm³/mol. The topological polar surface area (TPSA) is 37.3 Å². The number of aryl methyl sites for hydroxylation is 1. The lowest BCUT2D eigenvalue weighted by Gasteiger charge is -2.21. The molecule has 2 nitrogen and oxygen atoms in total. The maximum atomic E-state index is 14.0. The normalized spacial score (nSPS) is 17.9. The first kappa shape index (κ1) is 13.5. The summed E-state index contributed by atoms with van der Waals surface area (Å²) in [6, 6.07) is 3.03. The van der Waals surface area contributed by atoms with Crippen LogP contribution >= 0.6 is 15.9 Å². The van der Waals surface area contributed by atoms with Gasteiger partial charge < -0.3 is 5.11 Å². The SMILES string of the molecule is Cc1cc(C(C(=O)O)C2CCCC2)c(F)cc1Br. The third-order valence-corrected chi connectivity index (χ3v) is 4.60. The van der Waals surface area contributed by atoms with Crippen LogP contribution < -0.4 is 0 Å². The van der Waals surface area contributed by atoms with E-state index in [1.54, 1.807) is 6.07 Å². The van der Waals surface area contributed by atoms with Gasteiger partial charge in [-0.05, 0) is 37.3 Å². The molecule has 0 heterocycles. The van der Waals surface area contributed by atoms with E-state index in [9.17, 15) is 14.3 Å². The molecule has 0 amide bonds. The van der Waals surface area contributed by atoms with Crippen molar-refractivity contribution in [2.45, 2.75) is 38.5 Å². The predicted octanol–water partition coefficient (Wildman–Crippen LogP) is 4.26. The van der Waals surface area contributed by atoms with E-state index in [0.29, 0.717) is 10.0 Å². The van der Waals surface area contributed by atoms with Crippen LogP contribution in [-0.2, 0) is 4.79 Å². The Hall–Kier alpha value is -0.900. The zero-order valence-corrected chi connectivity index (χ0v) is 11.8. The third kappa shape index (κ3) is 2.58. The monoisotopic (exact) mass is 314 g/mol. The minimum absolute atomic E-state index is 0.0672. The first-order chi connectivity index (χ1) is 8.50. The Bertz CT molecular complexity index is 467. The van der Waals surface area contributed by atoms with Crippen LogP contribution in [-0.4, -0.2) is 11.1 Å². The Labute approximate surface area is 114 Å². The summed E-state index contributed by atoms with van der Waals surface area (Å²) in [7, 11) is 0. The molecule has 0 aromatic heterocycles. The van der Waals surface area contributed by atoms with Crippen LogP contribution in [0.3, 0.4) is 0 Å². The Morgan fingerprint density at radius 1 is 1.44 bits per heavy atom. The molecule has 1 aliphatic rings. The summed E-state index contributed by atoms with van der Waals surface area (Å²) in [5.74, 6) is -1.98. The van der Waals surface area contributed by atoms with Gasteiger partial charge in [-0.15, -0.1) is 0 Å². The quantitative estimate of drug-likeness (QED) is 0.905. The Balaban J connectivity index is 2.42. The summed E-state index contributed by atoms with van der Waals surface area (Å²) >= 11 is 3.26. The molecule has 0 aliphatic heterocycles. The molecule has 1 saturated carbocycles. The summed E-state index contributed by atoms with van der Waals surface area (Å²) in [4.78, 5) is 11.5. The molecule has 98 valence electrons. The number of carboxylic acids is 1. The fourth-order valence-corrected chi connectivity index (χ4v) is 3.11. The van der Waals surface area contributed by atoms with Crippen LogP contribution in [0.25, 0.3) is 0 Å². The first-order valence-electron chi connectivity index (χ1n) is 6.19. The number of benzene rings is 1. The highest BCUT2D eigenvalue weighted by Gasteiger charge is 2.33. The van der Waals surface area contributed by atoms with Crippen molar-refractivity contribution in [1.82, 2.24) is 0 Å². The second kappa shape index (κ2) is 5.39. The summed E-state index contributed by atoms with van der Waals surface area (Å²) < 4.78 is 14.7. The lowest BCUT2D eigenvalue weighted by atomic mass is 9.84. The molecule has 1 aromatic rings. The Morgan fingerprint density at radius 2 is 2.06 bits per heavy atom. The molecule has 0 spiro atoms. The molecule has 1 atom stereocenters. The largest absolute Gasteiger partial charge is 0.481 e. The second-order valence-corrected chi connectivity index (χ2v) is 5.84. The van der Waals surface area contributed by atoms with E-state index < -0.39 is 17.7 Å². The van der Waals surface area contributed by atoms with Crippen molar-refractivity contribution in [2.24, 2.45) is 5.92 Å². The highest BCUT2D eigenvalue weighted by molar-refractivity contribution is 9.10. The summed E-state index contributed by atoms with van der Waals surface area (Å²) in [6.45, 7) is 1.85. The molecule has 0 bridgehead atoms. The van der Waals surface area contributed by atoms with E-state index in [-0.39, 0.29) is 5.92 Å². The van der Waals surface area contributed by atoms with Crippen LogP contribution in [0, 0.1) is 18.7 Å². The van der Waals surface area contributed by atoms with Crippen molar-refractivity contribution in [3.05, 3.63) is 33.5 Å². The zero-order chi connectivity index (χ0) is 13.3. The summed E-state index contributed by atoms with van der Waals surface area (Å²) in [5.41, 5.74) is 1.20. The van der Waals surface area contributed by atoms with Gasteiger partial charge in [0.05, 0.1) is 5.92 Å². The van der Waals surface area contributed by atoms with Gasteiger partial charge >= 0.3 is 5.97 Å². The van der Waals surface area contributed by atoms with Gasteiger partial charge in [0.2, 0.25) is 0 Å². The van der Waals surface area contributed by atoms with Crippen LogP contribution in [0.2, 0.25) is 0 Å². The summed E-state index contributed by atoms with van der Waals surface area (Å²) in [6.07, 6.45) is 3.86. The highest BCUT2D eigenvalue weighted by atomic mass is 79.9. The molecular weight excluding hydrogens is 299 g/mol. The van der Waals surface area contributed by atoms with Crippen molar-refractivity contribution < 1.29 is 14.3 Å². The fourth-order valence-electron chi connectivity index (χ4n) is 2.80. The third-order valence-electron chi connectivity index (χ3n) is 3.75. The molecule has 1 aromatic carbocycles. The number of aliphatic carboxylic acids is 1. The maximum Gasteiger partial charge on any atom is 0.311 e. The van der Waals surface area contributed by atoms with Crippen LogP contribution in [0.4, 0.5) is 4.39 Å². The van der Waals surface area contributed by atoms with Gasteiger partial charge in [0.1, 0.15) is 5.82 Å². The molecule has 2 rings (SSSR count). The average Bonchev–Trinajstić information content (AvgIpc) is 2.79. The minimum atomic E-state index is -0.914. The van der Waals surface area contributed by atoms with Gasteiger partial charge in [-0.2, -0.15) is 0 Å². The number of rotatable bonds is 3. The van der Waals surface area contributed by atoms with Crippen molar-refractivity contribution >= 4 is 21.9 Å². The second-order valence-electron chi connectivity index (χ2n) is 4.98.